The van der Waals surface area contributed by atoms with Gasteiger partial charge in [0.2, 0.25) is 5.91 Å². The summed E-state index contributed by atoms with van der Waals surface area (Å²) in [6.07, 6.45) is 3.99. The van der Waals surface area contributed by atoms with Gasteiger partial charge in [-0.1, -0.05) is 42.5 Å². The van der Waals surface area contributed by atoms with E-state index in [4.69, 9.17) is 4.74 Å². The summed E-state index contributed by atoms with van der Waals surface area (Å²) in [6, 6.07) is 16.3. The fraction of sp³-hybridized carbons (Fsp3) is 0.462. The smallest absolute Gasteiger partial charge is 0.227 e. The molecular formula is C26H32N2O3. The van der Waals surface area contributed by atoms with Crippen LogP contribution in [0.1, 0.15) is 43.7 Å². The second kappa shape index (κ2) is 9.23. The first-order valence-corrected chi connectivity index (χ1v) is 11.3. The van der Waals surface area contributed by atoms with E-state index >= 15 is 0 Å². The lowest BCUT2D eigenvalue weighted by molar-refractivity contribution is -0.124. The van der Waals surface area contributed by atoms with Gasteiger partial charge in [0.25, 0.3) is 0 Å². The van der Waals surface area contributed by atoms with Crippen LogP contribution >= 0.6 is 0 Å². The molecule has 0 saturated carbocycles. The molecule has 5 heteroatoms. The van der Waals surface area contributed by atoms with Crippen LogP contribution < -0.4 is 9.64 Å². The number of ketones is 1. The zero-order valence-electron chi connectivity index (χ0n) is 18.6. The summed E-state index contributed by atoms with van der Waals surface area (Å²) in [4.78, 5) is 28.8. The minimum Gasteiger partial charge on any atom is -0.491 e. The summed E-state index contributed by atoms with van der Waals surface area (Å²) in [5.74, 6) is 1.21. The van der Waals surface area contributed by atoms with Crippen molar-refractivity contribution in [3.63, 3.8) is 0 Å². The Morgan fingerprint density at radius 2 is 1.77 bits per heavy atom. The number of hydrogen-bond acceptors (Lipinski definition) is 4. The number of carbonyl (C=O) groups is 2. The number of aryl methyl sites for hydroxylation is 1. The van der Waals surface area contributed by atoms with Crippen molar-refractivity contribution >= 4 is 17.4 Å². The van der Waals surface area contributed by atoms with Gasteiger partial charge in [-0.05, 0) is 62.9 Å². The summed E-state index contributed by atoms with van der Waals surface area (Å²) < 4.78 is 6.09. The van der Waals surface area contributed by atoms with Gasteiger partial charge in [-0.2, -0.15) is 0 Å². The molecule has 2 aromatic carbocycles. The van der Waals surface area contributed by atoms with Gasteiger partial charge in [0, 0.05) is 20.0 Å². The number of carbonyl (C=O) groups excluding carboxylic acids is 2. The van der Waals surface area contributed by atoms with Crippen molar-refractivity contribution in [1.82, 2.24) is 4.90 Å². The number of rotatable bonds is 7. The highest BCUT2D eigenvalue weighted by Gasteiger charge is 2.40. The number of Topliss-reactive ketones (excluding diaryl/α,β-unsaturated/α-hetero) is 1. The maximum atomic E-state index is 12.5. The van der Waals surface area contributed by atoms with E-state index in [2.05, 4.69) is 23.1 Å². The predicted molar refractivity (Wildman–Crippen MR) is 123 cm³/mol. The molecule has 1 saturated heterocycles. The molecule has 2 aliphatic rings. The maximum Gasteiger partial charge on any atom is 0.227 e. The van der Waals surface area contributed by atoms with Crippen molar-refractivity contribution in [2.24, 2.45) is 0 Å². The number of piperidine rings is 1. The van der Waals surface area contributed by atoms with Gasteiger partial charge in [0.05, 0.1) is 17.7 Å². The average Bonchev–Trinajstić information content (AvgIpc) is 2.80. The number of nitrogens with zero attached hydrogens (tertiary/aromatic N) is 2. The molecule has 0 radical (unpaired) electrons. The molecule has 31 heavy (non-hydrogen) atoms. The minimum absolute atomic E-state index is 0.143. The van der Waals surface area contributed by atoms with Crippen LogP contribution in [0.5, 0.6) is 5.75 Å². The van der Waals surface area contributed by atoms with E-state index in [-0.39, 0.29) is 17.1 Å². The van der Waals surface area contributed by atoms with Crippen molar-refractivity contribution in [3.05, 3.63) is 59.7 Å². The lowest BCUT2D eigenvalue weighted by Crippen LogP contribution is -2.46. The predicted octanol–water partition coefficient (Wildman–Crippen LogP) is 3.99. The van der Waals surface area contributed by atoms with Crippen molar-refractivity contribution in [2.45, 2.75) is 44.4 Å². The van der Waals surface area contributed by atoms with Gasteiger partial charge in [-0.25, -0.2) is 0 Å². The molecule has 0 aliphatic carbocycles. The van der Waals surface area contributed by atoms with E-state index < -0.39 is 0 Å². The van der Waals surface area contributed by atoms with Crippen LogP contribution in [-0.4, -0.2) is 49.9 Å². The SMILES string of the molecule is CC(=O)C1(c2ccccc2)CCN(CCCOc2cccc3c2N(C)C(=O)CC3)CC1. The number of fused-ring (bicyclic) bond motifs is 1. The lowest BCUT2D eigenvalue weighted by atomic mass is 9.70. The molecule has 0 unspecified atom stereocenters. The Kier molecular flexibility index (Phi) is 6.42. The average molecular weight is 421 g/mol. The molecule has 4 rings (SSSR count). The molecule has 2 aliphatic heterocycles. The molecule has 164 valence electrons. The van der Waals surface area contributed by atoms with E-state index in [0.29, 0.717) is 13.0 Å². The van der Waals surface area contributed by atoms with Gasteiger partial charge in [-0.15, -0.1) is 0 Å². The van der Waals surface area contributed by atoms with Crippen molar-refractivity contribution in [2.75, 3.05) is 38.2 Å². The fourth-order valence-electron chi connectivity index (χ4n) is 5.03. The normalized spacial score (nSPS) is 18.5. The third kappa shape index (κ3) is 4.38. The van der Waals surface area contributed by atoms with Crippen LogP contribution in [0.25, 0.3) is 0 Å². The third-order valence-corrected chi connectivity index (χ3v) is 6.99. The second-order valence-corrected chi connectivity index (χ2v) is 8.76. The molecule has 0 atom stereocenters. The standard InChI is InChI=1S/C26H32N2O3/c1-20(29)26(22-9-4-3-5-10-22)14-17-28(18-15-26)16-7-19-31-23-11-6-8-21-12-13-24(30)27(2)25(21)23/h3-6,8-11H,7,12-19H2,1-2H3. The molecular weight excluding hydrogens is 388 g/mol. The number of ether oxygens (including phenoxy) is 1. The summed E-state index contributed by atoms with van der Waals surface area (Å²) in [7, 11) is 1.83. The first-order valence-electron chi connectivity index (χ1n) is 11.3. The van der Waals surface area contributed by atoms with Gasteiger partial charge < -0.3 is 14.5 Å². The fourth-order valence-corrected chi connectivity index (χ4v) is 5.03. The van der Waals surface area contributed by atoms with Gasteiger partial charge >= 0.3 is 0 Å². The van der Waals surface area contributed by atoms with Crippen molar-refractivity contribution < 1.29 is 14.3 Å². The highest BCUT2D eigenvalue weighted by molar-refractivity contribution is 5.97. The molecule has 2 aromatic rings. The first kappa shape index (κ1) is 21.6. The second-order valence-electron chi connectivity index (χ2n) is 8.76. The zero-order valence-corrected chi connectivity index (χ0v) is 18.6. The van der Waals surface area contributed by atoms with Gasteiger partial charge in [0.15, 0.2) is 0 Å². The van der Waals surface area contributed by atoms with E-state index in [0.717, 1.165) is 62.3 Å². The molecule has 0 spiro atoms. The Balaban J connectivity index is 1.30. The lowest BCUT2D eigenvalue weighted by Gasteiger charge is -2.40. The number of likely N-dealkylation sites (tertiary alicyclic amines) is 1. The quantitative estimate of drug-likeness (QED) is 0.636. The Labute approximate surface area is 185 Å². The van der Waals surface area contributed by atoms with E-state index in [1.54, 1.807) is 11.8 Å². The van der Waals surface area contributed by atoms with Crippen LogP contribution in [0.15, 0.2) is 48.5 Å². The number of para-hydroxylation sites is 1. The molecule has 0 N–H and O–H groups in total. The van der Waals surface area contributed by atoms with Crippen molar-refractivity contribution in [3.8, 4) is 5.75 Å². The number of hydrogen-bond donors (Lipinski definition) is 0. The van der Waals surface area contributed by atoms with Crippen LogP contribution in [0.3, 0.4) is 0 Å². The van der Waals surface area contributed by atoms with Crippen LogP contribution in [-0.2, 0) is 21.4 Å². The van der Waals surface area contributed by atoms with Crippen molar-refractivity contribution in [1.29, 1.82) is 0 Å². The van der Waals surface area contributed by atoms with Crippen LogP contribution in [0.2, 0.25) is 0 Å². The molecule has 1 fully saturated rings. The number of benzene rings is 2. The summed E-state index contributed by atoms with van der Waals surface area (Å²) >= 11 is 0. The van der Waals surface area contributed by atoms with Gasteiger partial charge in [-0.3, -0.25) is 9.59 Å². The summed E-state index contributed by atoms with van der Waals surface area (Å²) in [5.41, 5.74) is 2.91. The van der Waals surface area contributed by atoms with E-state index in [1.807, 2.05) is 37.4 Å². The minimum atomic E-state index is -0.339. The van der Waals surface area contributed by atoms with E-state index in [1.165, 1.54) is 5.56 Å². The largest absolute Gasteiger partial charge is 0.491 e. The Morgan fingerprint density at radius 3 is 2.48 bits per heavy atom. The Morgan fingerprint density at radius 1 is 1.03 bits per heavy atom. The van der Waals surface area contributed by atoms with Crippen LogP contribution in [0, 0.1) is 0 Å². The molecule has 5 nitrogen and oxygen atoms in total. The molecule has 0 bridgehead atoms. The van der Waals surface area contributed by atoms with Crippen LogP contribution in [0.4, 0.5) is 5.69 Å². The molecule has 2 heterocycles. The highest BCUT2D eigenvalue weighted by atomic mass is 16.5. The van der Waals surface area contributed by atoms with Gasteiger partial charge in [0.1, 0.15) is 11.5 Å². The summed E-state index contributed by atoms with van der Waals surface area (Å²) in [6.45, 7) is 5.15. The maximum absolute atomic E-state index is 12.5. The third-order valence-electron chi connectivity index (χ3n) is 6.99. The highest BCUT2D eigenvalue weighted by Crippen LogP contribution is 2.37. The number of amides is 1. The molecule has 1 amide bonds. The monoisotopic (exact) mass is 420 g/mol. The van der Waals surface area contributed by atoms with E-state index in [9.17, 15) is 9.59 Å². The Bertz CT molecular complexity index is 933. The number of anilines is 1. The first-order chi connectivity index (χ1) is 15.0. The Hall–Kier alpha value is -2.66. The summed E-state index contributed by atoms with van der Waals surface area (Å²) in [5, 5.41) is 0. The topological polar surface area (TPSA) is 49.9 Å². The molecule has 0 aromatic heterocycles. The zero-order chi connectivity index (χ0) is 21.8.